The zero-order chi connectivity index (χ0) is 43.6. The van der Waals surface area contributed by atoms with Crippen LogP contribution in [0.25, 0.3) is 0 Å². The van der Waals surface area contributed by atoms with Gasteiger partial charge in [0.05, 0.1) is 0 Å². The highest BCUT2D eigenvalue weighted by Crippen LogP contribution is 2.68. The molecule has 13 fully saturated rings. The van der Waals surface area contributed by atoms with Gasteiger partial charge >= 0.3 is 0 Å². The summed E-state index contributed by atoms with van der Waals surface area (Å²) in [6, 6.07) is 0. The molecule has 0 spiro atoms. The molecule has 372 valence electrons. The predicted molar refractivity (Wildman–Crippen MR) is 278 cm³/mol. The standard InChI is InChI=1S/C66H108/c1-3-19-47(20-4-1)63-55-27-11-13-29-57(55)65(53-31-15-23-45-17-7-9-25-51(45)53)61-41-49(37-39-59(61)63)43-33-35-44(36-34-43)50-38-40-60-62(42-50)66(54-32-16-24-46-18-8-10-26-52(46)54)58-30-14-12-28-56(58)64(60)48-21-5-2-6-22-48/h43-66H,1-42H2/t43?,44?,45-,46?,49?,50?,51?,52?,53?,54?,55?,56?,57?,58?,59?,60?,61?,62?,63?,64?,65?,66?/m0/s1. The molecular formula is C66H108. The Kier molecular flexibility index (Phi) is 14.2. The number of hydrogen-bond acceptors (Lipinski definition) is 0. The van der Waals surface area contributed by atoms with Gasteiger partial charge in [-0.3, -0.25) is 0 Å². The molecule has 0 radical (unpaired) electrons. The minimum Gasteiger partial charge on any atom is -0.0533 e. The molecule has 0 aromatic heterocycles. The first-order chi connectivity index (χ1) is 32.8. The van der Waals surface area contributed by atoms with E-state index in [2.05, 4.69) is 0 Å². The monoisotopic (exact) mass is 901 g/mol. The molecule has 0 nitrogen and oxygen atoms in total. The van der Waals surface area contributed by atoms with Gasteiger partial charge in [-0.25, -0.2) is 0 Å². The first kappa shape index (κ1) is 45.8. The Morgan fingerprint density at radius 1 is 0.121 bits per heavy atom. The third-order valence-corrected chi connectivity index (χ3v) is 27.5. The van der Waals surface area contributed by atoms with Crippen LogP contribution in [0, 0.1) is 142 Å². The lowest BCUT2D eigenvalue weighted by Crippen LogP contribution is -2.56. The summed E-state index contributed by atoms with van der Waals surface area (Å²) in [5.74, 6) is 26.9. The molecule has 20 atom stereocenters. The lowest BCUT2D eigenvalue weighted by atomic mass is 9.42. The molecule has 0 aromatic rings. The van der Waals surface area contributed by atoms with E-state index in [1.165, 1.54) is 0 Å². The summed E-state index contributed by atoms with van der Waals surface area (Å²) in [5.41, 5.74) is 0. The molecule has 19 unspecified atom stereocenters. The number of rotatable bonds is 6. The first-order valence-electron chi connectivity index (χ1n) is 32.8. The third-order valence-electron chi connectivity index (χ3n) is 27.5. The summed E-state index contributed by atoms with van der Waals surface area (Å²) in [6.07, 6.45) is 68.1. The van der Waals surface area contributed by atoms with Crippen molar-refractivity contribution in [3.8, 4) is 0 Å². The molecule has 0 aliphatic heterocycles. The van der Waals surface area contributed by atoms with Crippen LogP contribution in [0.5, 0.6) is 0 Å². The van der Waals surface area contributed by atoms with Gasteiger partial charge in [0.15, 0.2) is 0 Å². The minimum atomic E-state index is 1.09. The lowest BCUT2D eigenvalue weighted by Gasteiger charge is -2.63. The zero-order valence-electron chi connectivity index (χ0n) is 43.6. The largest absolute Gasteiger partial charge is 0.0533 e. The topological polar surface area (TPSA) is 0 Å². The van der Waals surface area contributed by atoms with Crippen LogP contribution < -0.4 is 0 Å². The van der Waals surface area contributed by atoms with Crippen LogP contribution in [-0.2, 0) is 0 Å². The fraction of sp³-hybridized carbons (Fsp3) is 1.00. The second-order valence-electron chi connectivity index (χ2n) is 29.4. The summed E-state index contributed by atoms with van der Waals surface area (Å²) in [7, 11) is 0. The van der Waals surface area contributed by atoms with Crippen LogP contribution in [0.4, 0.5) is 0 Å². The average Bonchev–Trinajstić information content (AvgIpc) is 3.39. The Hall–Kier alpha value is 0. The highest BCUT2D eigenvalue weighted by Gasteiger charge is 2.60. The van der Waals surface area contributed by atoms with Gasteiger partial charge in [-0.2, -0.15) is 0 Å². The van der Waals surface area contributed by atoms with E-state index in [4.69, 9.17) is 0 Å². The third kappa shape index (κ3) is 8.59. The van der Waals surface area contributed by atoms with E-state index >= 15 is 0 Å². The van der Waals surface area contributed by atoms with Gasteiger partial charge in [-0.05, 0) is 258 Å². The summed E-state index contributed by atoms with van der Waals surface area (Å²) in [6.45, 7) is 0. The Balaban J connectivity index is 0.736. The first-order valence-corrected chi connectivity index (χ1v) is 32.8. The lowest BCUT2D eigenvalue weighted by molar-refractivity contribution is -0.141. The van der Waals surface area contributed by atoms with Crippen molar-refractivity contribution in [3.63, 3.8) is 0 Å². The van der Waals surface area contributed by atoms with E-state index in [9.17, 15) is 0 Å². The van der Waals surface area contributed by atoms with E-state index in [0.29, 0.717) is 0 Å². The molecule has 0 amide bonds. The molecule has 13 rings (SSSR count). The van der Waals surface area contributed by atoms with Gasteiger partial charge in [0.1, 0.15) is 0 Å². The molecular weight excluding hydrogens is 793 g/mol. The Morgan fingerprint density at radius 3 is 0.788 bits per heavy atom. The maximum Gasteiger partial charge on any atom is -0.0321 e. The minimum absolute atomic E-state index is 1.09. The summed E-state index contributed by atoms with van der Waals surface area (Å²) in [4.78, 5) is 0. The molecule has 0 heterocycles. The van der Waals surface area contributed by atoms with Crippen molar-refractivity contribution < 1.29 is 0 Å². The van der Waals surface area contributed by atoms with E-state index < -0.39 is 0 Å². The van der Waals surface area contributed by atoms with Crippen molar-refractivity contribution >= 4 is 0 Å². The molecule has 0 bridgehead atoms. The van der Waals surface area contributed by atoms with E-state index in [-0.39, 0.29) is 0 Å². The molecule has 13 aliphatic rings. The average molecular weight is 902 g/mol. The van der Waals surface area contributed by atoms with Crippen molar-refractivity contribution in [1.82, 2.24) is 0 Å². The Labute approximate surface area is 409 Å². The molecule has 13 saturated carbocycles. The van der Waals surface area contributed by atoms with Crippen LogP contribution in [0.3, 0.4) is 0 Å². The maximum absolute atomic E-state index is 1.72. The fourth-order valence-electron chi connectivity index (χ4n) is 25.5. The Bertz CT molecular complexity index is 1420. The van der Waals surface area contributed by atoms with Gasteiger partial charge in [-0.15, -0.1) is 0 Å². The van der Waals surface area contributed by atoms with Gasteiger partial charge in [-0.1, -0.05) is 154 Å². The van der Waals surface area contributed by atoms with Crippen LogP contribution in [0.1, 0.15) is 270 Å². The molecule has 13 aliphatic carbocycles. The quantitative estimate of drug-likeness (QED) is 0.249. The molecule has 0 N–H and O–H groups in total. The van der Waals surface area contributed by atoms with Gasteiger partial charge in [0.2, 0.25) is 0 Å². The van der Waals surface area contributed by atoms with Crippen LogP contribution in [0.2, 0.25) is 0 Å². The summed E-state index contributed by atoms with van der Waals surface area (Å²) < 4.78 is 0. The second kappa shape index (κ2) is 20.5. The maximum atomic E-state index is 1.72. The van der Waals surface area contributed by atoms with Gasteiger partial charge in [0.25, 0.3) is 0 Å². The van der Waals surface area contributed by atoms with Crippen molar-refractivity contribution in [2.24, 2.45) is 142 Å². The zero-order valence-corrected chi connectivity index (χ0v) is 43.6. The van der Waals surface area contributed by atoms with Crippen LogP contribution in [0.15, 0.2) is 0 Å². The van der Waals surface area contributed by atoms with E-state index in [0.717, 1.165) is 142 Å². The molecule has 0 saturated heterocycles. The van der Waals surface area contributed by atoms with Gasteiger partial charge in [0, 0.05) is 0 Å². The number of hydrogen-bond donors (Lipinski definition) is 0. The smallest absolute Gasteiger partial charge is 0.0321 e. The molecule has 0 heteroatoms. The van der Waals surface area contributed by atoms with E-state index in [1.54, 1.807) is 270 Å². The summed E-state index contributed by atoms with van der Waals surface area (Å²) >= 11 is 0. The molecule has 66 heavy (non-hydrogen) atoms. The fourth-order valence-corrected chi connectivity index (χ4v) is 25.5. The normalized spacial score (nSPS) is 52.9. The van der Waals surface area contributed by atoms with Crippen molar-refractivity contribution in [1.29, 1.82) is 0 Å². The molecule has 0 aromatic carbocycles. The summed E-state index contributed by atoms with van der Waals surface area (Å²) in [5, 5.41) is 0. The van der Waals surface area contributed by atoms with Crippen molar-refractivity contribution in [3.05, 3.63) is 0 Å². The van der Waals surface area contributed by atoms with Crippen molar-refractivity contribution in [2.75, 3.05) is 0 Å². The van der Waals surface area contributed by atoms with E-state index in [1.807, 2.05) is 0 Å². The Morgan fingerprint density at radius 2 is 0.379 bits per heavy atom. The predicted octanol–water partition coefficient (Wildman–Crippen LogP) is 19.3. The van der Waals surface area contributed by atoms with Crippen LogP contribution in [-0.4, -0.2) is 0 Å². The van der Waals surface area contributed by atoms with Gasteiger partial charge < -0.3 is 0 Å². The second-order valence-corrected chi connectivity index (χ2v) is 29.4. The SMILES string of the molecule is C1CCC(C2C3CCCCC3C(C3CCCC4CCCCC43)C3CC(C4CCC(C5CCC6C(C5)C(C5CCC[C@@H]7CCCCC57)C5CCCCC5C6C5CCCCC5)CC4)CCC32)CC1. The highest BCUT2D eigenvalue weighted by molar-refractivity contribution is 5.09. The van der Waals surface area contributed by atoms with Crippen molar-refractivity contribution in [2.45, 2.75) is 270 Å². The highest BCUT2D eigenvalue weighted by atomic mass is 14.6. The van der Waals surface area contributed by atoms with Crippen LogP contribution >= 0.6 is 0 Å². The number of fused-ring (bicyclic) bond motifs is 6.